The molecule has 0 bridgehead atoms. The molecule has 0 aromatic heterocycles. The maximum absolute atomic E-state index is 11.3. The van der Waals surface area contributed by atoms with Crippen molar-refractivity contribution in [3.05, 3.63) is 11.8 Å². The second-order valence-electron chi connectivity index (χ2n) is 3.11. The second kappa shape index (κ2) is 5.35. The number of hydrogen-bond acceptors (Lipinski definition) is 4. The molecule has 0 spiro atoms. The molecule has 0 aromatic carbocycles. The van der Waals surface area contributed by atoms with Crippen molar-refractivity contribution in [2.45, 2.75) is 18.9 Å². The van der Waals surface area contributed by atoms with Crippen LogP contribution in [0.2, 0.25) is 0 Å². The lowest BCUT2D eigenvalue weighted by atomic mass is 10.1. The Labute approximate surface area is 86.6 Å². The Kier molecular flexibility index (Phi) is 4.11. The van der Waals surface area contributed by atoms with Crippen LogP contribution in [0.15, 0.2) is 11.8 Å². The summed E-state index contributed by atoms with van der Waals surface area (Å²) in [7, 11) is 0. The van der Waals surface area contributed by atoms with Crippen molar-refractivity contribution in [3.63, 3.8) is 0 Å². The molecular weight excluding hydrogens is 202 g/mol. The van der Waals surface area contributed by atoms with E-state index in [4.69, 9.17) is 15.6 Å². The van der Waals surface area contributed by atoms with Crippen molar-refractivity contribution in [1.29, 1.82) is 0 Å². The van der Waals surface area contributed by atoms with E-state index in [2.05, 4.69) is 4.74 Å². The monoisotopic (exact) mass is 214 g/mol. The van der Waals surface area contributed by atoms with Crippen LogP contribution in [0.4, 0.5) is 0 Å². The molecule has 83 valence electrons. The molecule has 1 atom stereocenters. The zero-order valence-corrected chi connectivity index (χ0v) is 8.06. The topological polar surface area (TPSA) is 96.6 Å². The average Bonchev–Trinajstić information content (AvgIpc) is 2.26. The van der Waals surface area contributed by atoms with Crippen LogP contribution in [0.1, 0.15) is 12.8 Å². The lowest BCUT2D eigenvalue weighted by molar-refractivity contribution is -0.145. The van der Waals surface area contributed by atoms with E-state index in [-0.39, 0.29) is 0 Å². The first-order valence-corrected chi connectivity index (χ1v) is 4.53. The summed E-state index contributed by atoms with van der Waals surface area (Å²) in [5, 5.41) is 8.39. The van der Waals surface area contributed by atoms with Gasteiger partial charge < -0.3 is 14.6 Å². The predicted octanol–water partition coefficient (Wildman–Crippen LogP) is -0.0400. The maximum Gasteiger partial charge on any atom is 0.337 e. The van der Waals surface area contributed by atoms with Crippen LogP contribution in [0.25, 0.3) is 0 Å². The summed E-state index contributed by atoms with van der Waals surface area (Å²) < 4.78 is 9.58. The molecule has 1 rings (SSSR count). The maximum atomic E-state index is 11.3. The second-order valence-corrected chi connectivity index (χ2v) is 3.11. The number of carboxylic acids is 1. The van der Waals surface area contributed by atoms with Crippen LogP contribution >= 0.6 is 0 Å². The molecule has 0 saturated heterocycles. The van der Waals surface area contributed by atoms with Gasteiger partial charge >= 0.3 is 11.9 Å². The molecule has 0 amide bonds. The lowest BCUT2D eigenvalue weighted by Gasteiger charge is -2.13. The number of carboxylic acid groups (broad SMARTS) is 1. The van der Waals surface area contributed by atoms with E-state index < -0.39 is 24.6 Å². The predicted molar refractivity (Wildman–Crippen MR) is 48.7 cm³/mol. The number of carbonyl (C=O) groups excluding carboxylic acids is 1. The molecule has 1 aliphatic heterocycles. The normalized spacial score (nSPS) is 17.3. The number of ether oxygens (including phenoxy) is 2. The fourth-order valence-corrected chi connectivity index (χ4v) is 1.04. The number of nitrogens with one attached hydrogen (secondary N) is 1. The summed E-state index contributed by atoms with van der Waals surface area (Å²) >= 11 is 0. The van der Waals surface area contributed by atoms with Crippen molar-refractivity contribution in [2.75, 3.05) is 13.2 Å². The van der Waals surface area contributed by atoms with Crippen molar-refractivity contribution in [1.82, 2.24) is 5.73 Å². The summed E-state index contributed by atoms with van der Waals surface area (Å²) in [5.41, 5.74) is 7.39. The Morgan fingerprint density at radius 1 is 1.67 bits per heavy atom. The third-order valence-corrected chi connectivity index (χ3v) is 1.88. The van der Waals surface area contributed by atoms with Crippen molar-refractivity contribution in [2.24, 2.45) is 0 Å². The first-order chi connectivity index (χ1) is 7.11. The molecule has 0 aliphatic carbocycles. The van der Waals surface area contributed by atoms with Gasteiger partial charge in [-0.2, -0.15) is 0 Å². The van der Waals surface area contributed by atoms with E-state index in [0.29, 0.717) is 18.6 Å². The Morgan fingerprint density at radius 3 is 2.93 bits per heavy atom. The Balaban J connectivity index is 2.35. The van der Waals surface area contributed by atoms with E-state index in [1.807, 2.05) is 0 Å². The summed E-state index contributed by atoms with van der Waals surface area (Å²) in [6.45, 7) is 0.137. The molecule has 1 unspecified atom stereocenters. The quantitative estimate of drug-likeness (QED) is 0.662. The number of aliphatic carboxylic acids is 1. The van der Waals surface area contributed by atoms with Crippen LogP contribution in [0.3, 0.4) is 0 Å². The van der Waals surface area contributed by atoms with Crippen molar-refractivity contribution >= 4 is 11.9 Å². The molecule has 0 aromatic rings. The smallest absolute Gasteiger partial charge is 0.337 e. The average molecular weight is 214 g/mol. The van der Waals surface area contributed by atoms with Gasteiger partial charge in [-0.25, -0.2) is 10.5 Å². The Bertz CT molecular complexity index is 286. The molecule has 15 heavy (non-hydrogen) atoms. The summed E-state index contributed by atoms with van der Waals surface area (Å²) in [4.78, 5) is 21.5. The van der Waals surface area contributed by atoms with E-state index in [1.165, 1.54) is 6.26 Å². The highest BCUT2D eigenvalue weighted by atomic mass is 16.5. The van der Waals surface area contributed by atoms with Crippen LogP contribution in [0.5, 0.6) is 0 Å². The van der Waals surface area contributed by atoms with E-state index in [9.17, 15) is 9.59 Å². The third kappa shape index (κ3) is 3.59. The van der Waals surface area contributed by atoms with Gasteiger partial charge in [-0.05, 0) is 12.8 Å². The molecular formula is C9H12NO5. The van der Waals surface area contributed by atoms with E-state index in [1.54, 1.807) is 0 Å². The fourth-order valence-electron chi connectivity index (χ4n) is 1.04. The standard InChI is InChI=1S/C9H12NO5/c10-7(8(11)12)5-15-9(13)6-2-1-3-14-4-6/h4,7,10H,1-3,5H2,(H,11,12). The highest BCUT2D eigenvalue weighted by Gasteiger charge is 2.18. The minimum atomic E-state index is -1.43. The Hall–Kier alpha value is -1.56. The van der Waals surface area contributed by atoms with Crippen LogP contribution in [0, 0.1) is 0 Å². The van der Waals surface area contributed by atoms with Gasteiger partial charge in [0.15, 0.2) is 6.04 Å². The van der Waals surface area contributed by atoms with Crippen molar-refractivity contribution in [3.8, 4) is 0 Å². The van der Waals surface area contributed by atoms with Crippen LogP contribution in [-0.4, -0.2) is 36.3 Å². The highest BCUT2D eigenvalue weighted by Crippen LogP contribution is 2.13. The van der Waals surface area contributed by atoms with Crippen LogP contribution < -0.4 is 5.73 Å². The summed E-state index contributed by atoms with van der Waals surface area (Å²) in [6, 6.07) is -1.43. The molecule has 6 nitrogen and oxygen atoms in total. The first-order valence-electron chi connectivity index (χ1n) is 4.53. The van der Waals surface area contributed by atoms with E-state index in [0.717, 1.165) is 6.42 Å². The van der Waals surface area contributed by atoms with Gasteiger partial charge in [-0.3, -0.25) is 4.79 Å². The van der Waals surface area contributed by atoms with Gasteiger partial charge in [0.1, 0.15) is 6.61 Å². The minimum Gasteiger partial charge on any atom is -0.501 e. The lowest BCUT2D eigenvalue weighted by Crippen LogP contribution is -2.29. The van der Waals surface area contributed by atoms with E-state index >= 15 is 0 Å². The number of hydrogen-bond donors (Lipinski definition) is 1. The highest BCUT2D eigenvalue weighted by molar-refractivity contribution is 5.88. The number of carbonyl (C=O) groups is 2. The molecule has 0 fully saturated rings. The van der Waals surface area contributed by atoms with Gasteiger partial charge in [-0.15, -0.1) is 0 Å². The van der Waals surface area contributed by atoms with Gasteiger partial charge in [0.2, 0.25) is 0 Å². The van der Waals surface area contributed by atoms with Gasteiger partial charge in [0.05, 0.1) is 18.4 Å². The fraction of sp³-hybridized carbons (Fsp3) is 0.556. The number of esters is 1. The third-order valence-electron chi connectivity index (χ3n) is 1.88. The van der Waals surface area contributed by atoms with Crippen molar-refractivity contribution < 1.29 is 24.2 Å². The molecule has 2 N–H and O–H groups in total. The number of rotatable bonds is 4. The molecule has 6 heteroatoms. The molecule has 1 aliphatic rings. The summed E-state index contributed by atoms with van der Waals surface area (Å²) in [5.74, 6) is -1.91. The van der Waals surface area contributed by atoms with Crippen LogP contribution in [-0.2, 0) is 19.1 Å². The molecule has 1 heterocycles. The zero-order chi connectivity index (χ0) is 11.3. The zero-order valence-electron chi connectivity index (χ0n) is 8.06. The molecule has 0 saturated carbocycles. The largest absolute Gasteiger partial charge is 0.501 e. The summed E-state index contributed by atoms with van der Waals surface area (Å²) in [6.07, 6.45) is 2.63. The SMILES string of the molecule is [NH]C(COC(=O)C1=COCCC1)C(=O)O. The Morgan fingerprint density at radius 2 is 2.40 bits per heavy atom. The first kappa shape index (κ1) is 11.5. The molecule has 1 radical (unpaired) electrons. The van der Waals surface area contributed by atoms with Gasteiger partial charge in [-0.1, -0.05) is 0 Å². The minimum absolute atomic E-state index is 0.388. The van der Waals surface area contributed by atoms with Gasteiger partial charge in [0, 0.05) is 0 Å². The van der Waals surface area contributed by atoms with Gasteiger partial charge in [0.25, 0.3) is 0 Å².